The molecule has 2 unspecified atom stereocenters. The predicted octanol–water partition coefficient (Wildman–Crippen LogP) is 2.13. The monoisotopic (exact) mass is 324 g/mol. The normalized spacial score (nSPS) is 27.3. The van der Waals surface area contributed by atoms with Crippen LogP contribution in [0.1, 0.15) is 43.7 Å². The molecule has 1 amide bonds. The Morgan fingerprint density at radius 2 is 2.00 bits per heavy atom. The minimum Gasteiger partial charge on any atom is -0.380 e. The lowest BCUT2D eigenvalue weighted by Crippen LogP contribution is -2.50. The van der Waals surface area contributed by atoms with Crippen LogP contribution in [-0.2, 0) is 4.79 Å². The number of likely N-dealkylation sites (N-methyl/N-ethyl adjacent to an activating group) is 1. The lowest BCUT2D eigenvalue weighted by atomic mass is 9.97. The van der Waals surface area contributed by atoms with Crippen molar-refractivity contribution in [2.45, 2.75) is 49.8 Å². The van der Waals surface area contributed by atoms with Crippen LogP contribution in [-0.4, -0.2) is 41.1 Å². The van der Waals surface area contributed by atoms with Gasteiger partial charge in [0, 0.05) is 12.6 Å². The Labute approximate surface area is 134 Å². The van der Waals surface area contributed by atoms with Crippen molar-refractivity contribution in [3.05, 3.63) is 35.4 Å². The summed E-state index contributed by atoms with van der Waals surface area (Å²) >= 11 is 0. The van der Waals surface area contributed by atoms with Crippen molar-refractivity contribution >= 4 is 5.91 Å². The summed E-state index contributed by atoms with van der Waals surface area (Å²) in [6, 6.07) is 3.40. The Bertz CT molecular complexity index is 602. The zero-order valence-electron chi connectivity index (χ0n) is 13.2. The maximum Gasteiger partial charge on any atom is 0.252 e. The standard InChI is InChI=1S/C17H22F2N2O2/c1-21-9-6-14(20-16(22)17(23)7-2-3-8-17)15(21)11-4-5-12(18)13(19)10-11/h4-5,10,14-15,23H,2-3,6-9H2,1H3,(H,20,22). The zero-order chi connectivity index (χ0) is 16.6. The van der Waals surface area contributed by atoms with Crippen molar-refractivity contribution in [1.82, 2.24) is 10.2 Å². The lowest BCUT2D eigenvalue weighted by molar-refractivity contribution is -0.140. The van der Waals surface area contributed by atoms with Gasteiger partial charge in [0.1, 0.15) is 5.60 Å². The number of nitrogens with zero attached hydrogens (tertiary/aromatic N) is 1. The number of benzene rings is 1. The Balaban J connectivity index is 1.78. The molecular formula is C17H22F2N2O2. The molecule has 1 aromatic rings. The van der Waals surface area contributed by atoms with E-state index < -0.39 is 17.2 Å². The maximum atomic E-state index is 13.5. The molecule has 0 radical (unpaired) electrons. The van der Waals surface area contributed by atoms with Gasteiger partial charge in [0.05, 0.1) is 6.04 Å². The molecule has 2 fully saturated rings. The van der Waals surface area contributed by atoms with Crippen molar-refractivity contribution in [3.8, 4) is 0 Å². The molecule has 126 valence electrons. The molecule has 4 nitrogen and oxygen atoms in total. The van der Waals surface area contributed by atoms with E-state index in [9.17, 15) is 18.7 Å². The number of halogens is 2. The molecule has 3 rings (SSSR count). The molecule has 0 bridgehead atoms. The van der Waals surface area contributed by atoms with Crippen molar-refractivity contribution in [1.29, 1.82) is 0 Å². The molecule has 0 aromatic heterocycles. The van der Waals surface area contributed by atoms with Crippen LogP contribution in [0.4, 0.5) is 8.78 Å². The predicted molar refractivity (Wildman–Crippen MR) is 81.7 cm³/mol. The van der Waals surface area contributed by atoms with Crippen LogP contribution in [0.15, 0.2) is 18.2 Å². The van der Waals surface area contributed by atoms with Crippen LogP contribution in [0.5, 0.6) is 0 Å². The van der Waals surface area contributed by atoms with Crippen molar-refractivity contribution in [2.75, 3.05) is 13.6 Å². The van der Waals surface area contributed by atoms with E-state index in [0.717, 1.165) is 25.5 Å². The first-order valence-corrected chi connectivity index (χ1v) is 8.09. The average Bonchev–Trinajstić information content (AvgIpc) is 3.10. The number of aliphatic hydroxyl groups is 1. The molecule has 2 atom stereocenters. The molecule has 1 saturated heterocycles. The molecule has 1 heterocycles. The first-order chi connectivity index (χ1) is 10.9. The summed E-state index contributed by atoms with van der Waals surface area (Å²) in [5.74, 6) is -2.11. The summed E-state index contributed by atoms with van der Waals surface area (Å²) in [6.07, 6.45) is 3.37. The molecule has 1 aliphatic heterocycles. The summed E-state index contributed by atoms with van der Waals surface area (Å²) < 4.78 is 26.7. The number of carbonyl (C=O) groups is 1. The summed E-state index contributed by atoms with van der Waals surface area (Å²) in [4.78, 5) is 14.4. The zero-order valence-corrected chi connectivity index (χ0v) is 13.2. The summed E-state index contributed by atoms with van der Waals surface area (Å²) in [5, 5.41) is 13.3. The van der Waals surface area contributed by atoms with Gasteiger partial charge < -0.3 is 10.4 Å². The first kappa shape index (κ1) is 16.3. The van der Waals surface area contributed by atoms with Crippen molar-refractivity contribution in [3.63, 3.8) is 0 Å². The van der Waals surface area contributed by atoms with Crippen LogP contribution < -0.4 is 5.32 Å². The van der Waals surface area contributed by atoms with E-state index in [4.69, 9.17) is 0 Å². The number of likely N-dealkylation sites (tertiary alicyclic amines) is 1. The second-order valence-corrected chi connectivity index (χ2v) is 6.71. The van der Waals surface area contributed by atoms with E-state index in [2.05, 4.69) is 5.32 Å². The SMILES string of the molecule is CN1CCC(NC(=O)C2(O)CCCC2)C1c1ccc(F)c(F)c1. The van der Waals surface area contributed by atoms with Gasteiger partial charge in [0.15, 0.2) is 11.6 Å². The van der Waals surface area contributed by atoms with Gasteiger partial charge in [-0.3, -0.25) is 9.69 Å². The Hall–Kier alpha value is -1.53. The van der Waals surface area contributed by atoms with E-state index in [1.54, 1.807) is 6.07 Å². The Morgan fingerprint density at radius 3 is 2.65 bits per heavy atom. The number of hydrogen-bond acceptors (Lipinski definition) is 3. The quantitative estimate of drug-likeness (QED) is 0.896. The second kappa shape index (κ2) is 6.17. The fraction of sp³-hybridized carbons (Fsp3) is 0.588. The summed E-state index contributed by atoms with van der Waals surface area (Å²) in [5.41, 5.74) is -0.646. The fourth-order valence-corrected chi connectivity index (χ4v) is 3.77. The number of amides is 1. The molecule has 2 N–H and O–H groups in total. The van der Waals surface area contributed by atoms with E-state index in [-0.39, 0.29) is 18.0 Å². The summed E-state index contributed by atoms with van der Waals surface area (Å²) in [7, 11) is 1.89. The van der Waals surface area contributed by atoms with E-state index in [1.807, 2.05) is 11.9 Å². The third-order valence-corrected chi connectivity index (χ3v) is 5.10. The van der Waals surface area contributed by atoms with Gasteiger partial charge in [0.2, 0.25) is 0 Å². The first-order valence-electron chi connectivity index (χ1n) is 8.09. The molecule has 1 aliphatic carbocycles. The van der Waals surface area contributed by atoms with Gasteiger partial charge in [-0.1, -0.05) is 6.07 Å². The number of hydrogen-bond donors (Lipinski definition) is 2. The molecule has 23 heavy (non-hydrogen) atoms. The second-order valence-electron chi connectivity index (χ2n) is 6.71. The van der Waals surface area contributed by atoms with Gasteiger partial charge in [-0.2, -0.15) is 0 Å². The van der Waals surface area contributed by atoms with Gasteiger partial charge in [-0.15, -0.1) is 0 Å². The highest BCUT2D eigenvalue weighted by molar-refractivity contribution is 5.85. The number of rotatable bonds is 3. The Kier molecular flexibility index (Phi) is 4.38. The van der Waals surface area contributed by atoms with Crippen LogP contribution in [0.3, 0.4) is 0 Å². The van der Waals surface area contributed by atoms with Crippen LogP contribution in [0.25, 0.3) is 0 Å². The molecule has 1 saturated carbocycles. The van der Waals surface area contributed by atoms with Gasteiger partial charge in [-0.25, -0.2) is 8.78 Å². The van der Waals surface area contributed by atoms with Gasteiger partial charge >= 0.3 is 0 Å². The van der Waals surface area contributed by atoms with Gasteiger partial charge in [0.25, 0.3) is 5.91 Å². The van der Waals surface area contributed by atoms with E-state index in [0.29, 0.717) is 24.8 Å². The third kappa shape index (κ3) is 3.10. The highest BCUT2D eigenvalue weighted by Gasteiger charge is 2.42. The smallest absolute Gasteiger partial charge is 0.252 e. The van der Waals surface area contributed by atoms with E-state index in [1.165, 1.54) is 6.07 Å². The Morgan fingerprint density at radius 1 is 1.30 bits per heavy atom. The molecule has 6 heteroatoms. The highest BCUT2D eigenvalue weighted by Crippen LogP contribution is 2.34. The topological polar surface area (TPSA) is 52.6 Å². The largest absolute Gasteiger partial charge is 0.380 e. The fourth-order valence-electron chi connectivity index (χ4n) is 3.77. The minimum absolute atomic E-state index is 0.220. The highest BCUT2D eigenvalue weighted by atomic mass is 19.2. The molecule has 0 spiro atoms. The van der Waals surface area contributed by atoms with Crippen molar-refractivity contribution in [2.24, 2.45) is 0 Å². The van der Waals surface area contributed by atoms with Crippen LogP contribution in [0, 0.1) is 11.6 Å². The minimum atomic E-state index is -1.28. The van der Waals surface area contributed by atoms with Crippen LogP contribution in [0.2, 0.25) is 0 Å². The number of carbonyl (C=O) groups excluding carboxylic acids is 1. The average molecular weight is 324 g/mol. The van der Waals surface area contributed by atoms with Crippen molar-refractivity contribution < 1.29 is 18.7 Å². The van der Waals surface area contributed by atoms with Crippen LogP contribution >= 0.6 is 0 Å². The third-order valence-electron chi connectivity index (χ3n) is 5.10. The maximum absolute atomic E-state index is 13.5. The molecule has 2 aliphatic rings. The number of nitrogens with one attached hydrogen (secondary N) is 1. The van der Waals surface area contributed by atoms with Gasteiger partial charge in [-0.05, 0) is 56.8 Å². The summed E-state index contributed by atoms with van der Waals surface area (Å²) in [6.45, 7) is 0.743. The molecular weight excluding hydrogens is 302 g/mol. The lowest BCUT2D eigenvalue weighted by Gasteiger charge is -2.29. The molecule has 1 aromatic carbocycles. The van der Waals surface area contributed by atoms with E-state index >= 15 is 0 Å².